The second-order valence-corrected chi connectivity index (χ2v) is 8.12. The van der Waals surface area contributed by atoms with Crippen molar-refractivity contribution in [1.82, 2.24) is 4.90 Å². The number of nitrogens with zero attached hydrogens (tertiary/aromatic N) is 1. The number of benzene rings is 1. The van der Waals surface area contributed by atoms with Crippen LogP contribution in [0.1, 0.15) is 27.2 Å². The second-order valence-electron chi connectivity index (χ2n) is 5.60. The molecule has 6 heteroatoms. The molecule has 0 spiro atoms. The third kappa shape index (κ3) is 3.76. The van der Waals surface area contributed by atoms with Gasteiger partial charge >= 0.3 is 0 Å². The van der Waals surface area contributed by atoms with E-state index in [2.05, 4.69) is 33.9 Å². The van der Waals surface area contributed by atoms with Crippen LogP contribution in [0.25, 0.3) is 0 Å². The van der Waals surface area contributed by atoms with Crippen molar-refractivity contribution in [1.29, 1.82) is 0 Å². The molecule has 2 heterocycles. The van der Waals surface area contributed by atoms with Crippen LogP contribution in [0.4, 0.5) is 5.69 Å². The van der Waals surface area contributed by atoms with Crippen molar-refractivity contribution < 1.29 is 9.59 Å². The summed E-state index contributed by atoms with van der Waals surface area (Å²) in [7, 11) is 0. The third-order valence-corrected chi connectivity index (χ3v) is 5.67. The Hall–Kier alpha value is -1.92. The van der Waals surface area contributed by atoms with Crippen molar-refractivity contribution in [2.45, 2.75) is 19.4 Å². The summed E-state index contributed by atoms with van der Waals surface area (Å²) in [6, 6.07) is 9.07. The molecule has 1 N–H and O–H groups in total. The Morgan fingerprint density at radius 1 is 1.29 bits per heavy atom. The number of carbonyl (C=O) groups is 2. The molecule has 24 heavy (non-hydrogen) atoms. The van der Waals surface area contributed by atoms with Gasteiger partial charge in [0.25, 0.3) is 5.91 Å². The van der Waals surface area contributed by atoms with E-state index in [9.17, 15) is 9.59 Å². The fraction of sp³-hybridized carbons (Fsp3) is 0.222. The molecule has 1 aromatic carbocycles. The van der Waals surface area contributed by atoms with Crippen LogP contribution in [-0.4, -0.2) is 23.3 Å². The number of hydrogen-bond donors (Lipinski definition) is 1. The fourth-order valence-corrected chi connectivity index (χ4v) is 4.54. The summed E-state index contributed by atoms with van der Waals surface area (Å²) in [5, 5.41) is 2.68. The number of rotatable bonds is 3. The molecule has 4 nitrogen and oxygen atoms in total. The first kappa shape index (κ1) is 16.9. The smallest absolute Gasteiger partial charge is 0.254 e. The highest BCUT2D eigenvalue weighted by Gasteiger charge is 2.21. The Morgan fingerprint density at radius 2 is 2.04 bits per heavy atom. The van der Waals surface area contributed by atoms with Gasteiger partial charge in [-0.2, -0.15) is 0 Å². The Bertz CT molecular complexity index is 783. The molecule has 124 valence electrons. The van der Waals surface area contributed by atoms with Crippen molar-refractivity contribution in [3.8, 4) is 0 Å². The maximum atomic E-state index is 12.8. The van der Waals surface area contributed by atoms with Crippen LogP contribution in [0.2, 0.25) is 0 Å². The standard InChI is InChI=1S/C18H17BrN2O2S/c1-2-17(22)20-14-7-5-12(6-8-14)18(23)21-9-3-4-15-13(11-21)10-16(19)24-15/h2,5-8,10H,1,3-4,9,11H2,(H,20,22). The largest absolute Gasteiger partial charge is 0.334 e. The van der Waals surface area contributed by atoms with Gasteiger partial charge in [0.2, 0.25) is 5.91 Å². The summed E-state index contributed by atoms with van der Waals surface area (Å²) in [5.41, 5.74) is 2.51. The number of hydrogen-bond acceptors (Lipinski definition) is 3. The molecular formula is C18H17BrN2O2S. The Labute approximate surface area is 153 Å². The zero-order chi connectivity index (χ0) is 17.1. The molecule has 0 fully saturated rings. The normalized spacial score (nSPS) is 13.8. The number of carbonyl (C=O) groups excluding carboxylic acids is 2. The highest BCUT2D eigenvalue weighted by molar-refractivity contribution is 9.11. The average molecular weight is 405 g/mol. The van der Waals surface area contributed by atoms with E-state index in [0.29, 0.717) is 17.8 Å². The molecule has 0 aliphatic carbocycles. The quantitative estimate of drug-likeness (QED) is 0.778. The van der Waals surface area contributed by atoms with Crippen LogP contribution in [0.5, 0.6) is 0 Å². The molecule has 0 saturated carbocycles. The SMILES string of the molecule is C=CC(=O)Nc1ccc(C(=O)N2CCCc3sc(Br)cc3C2)cc1. The summed E-state index contributed by atoms with van der Waals surface area (Å²) in [6.45, 7) is 4.82. The predicted octanol–water partition coefficient (Wildman–Crippen LogP) is 4.22. The minimum Gasteiger partial charge on any atom is -0.334 e. The molecule has 0 bridgehead atoms. The molecule has 1 aliphatic heterocycles. The molecule has 2 aromatic rings. The minimum atomic E-state index is -0.267. The van der Waals surface area contributed by atoms with Crippen LogP contribution < -0.4 is 5.32 Å². The number of thiophene rings is 1. The lowest BCUT2D eigenvalue weighted by atomic mass is 10.1. The highest BCUT2D eigenvalue weighted by Crippen LogP contribution is 2.31. The summed E-state index contributed by atoms with van der Waals surface area (Å²) in [5.74, 6) is -0.246. The zero-order valence-corrected chi connectivity index (χ0v) is 15.5. The van der Waals surface area contributed by atoms with Gasteiger partial charge in [0, 0.05) is 29.2 Å². The third-order valence-electron chi connectivity index (χ3n) is 3.93. The molecule has 1 aliphatic rings. The maximum Gasteiger partial charge on any atom is 0.254 e. The minimum absolute atomic E-state index is 0.0202. The van der Waals surface area contributed by atoms with E-state index in [1.807, 2.05) is 4.90 Å². The van der Waals surface area contributed by atoms with E-state index < -0.39 is 0 Å². The van der Waals surface area contributed by atoms with Crippen molar-refractivity contribution in [2.75, 3.05) is 11.9 Å². The first-order valence-corrected chi connectivity index (χ1v) is 9.27. The number of fused-ring (bicyclic) bond motifs is 1. The van der Waals surface area contributed by atoms with Gasteiger partial charge in [-0.3, -0.25) is 9.59 Å². The van der Waals surface area contributed by atoms with Crippen LogP contribution in [0.15, 0.2) is 46.8 Å². The number of halogens is 1. The van der Waals surface area contributed by atoms with Gasteiger partial charge in [0.1, 0.15) is 0 Å². The van der Waals surface area contributed by atoms with Gasteiger partial charge < -0.3 is 10.2 Å². The van der Waals surface area contributed by atoms with Gasteiger partial charge in [-0.25, -0.2) is 0 Å². The van der Waals surface area contributed by atoms with Gasteiger partial charge in [0.05, 0.1) is 3.79 Å². The van der Waals surface area contributed by atoms with Crippen LogP contribution in [-0.2, 0) is 17.8 Å². The molecule has 3 rings (SSSR count). The molecule has 2 amide bonds. The summed E-state index contributed by atoms with van der Waals surface area (Å²) < 4.78 is 1.11. The Balaban J connectivity index is 1.74. The van der Waals surface area contributed by atoms with Crippen molar-refractivity contribution in [3.63, 3.8) is 0 Å². The Kier molecular flexibility index (Phi) is 5.16. The molecular weight excluding hydrogens is 388 g/mol. The zero-order valence-electron chi connectivity index (χ0n) is 13.0. The molecule has 0 unspecified atom stereocenters. The second kappa shape index (κ2) is 7.32. The number of anilines is 1. The van der Waals surface area contributed by atoms with Crippen molar-refractivity contribution in [2.24, 2.45) is 0 Å². The predicted molar refractivity (Wildman–Crippen MR) is 100 cm³/mol. The van der Waals surface area contributed by atoms with E-state index in [4.69, 9.17) is 0 Å². The fourth-order valence-electron chi connectivity index (χ4n) is 2.74. The Morgan fingerprint density at radius 3 is 2.75 bits per heavy atom. The average Bonchev–Trinajstić information content (AvgIpc) is 2.81. The molecule has 0 saturated heterocycles. The summed E-state index contributed by atoms with van der Waals surface area (Å²) in [4.78, 5) is 27.3. The topological polar surface area (TPSA) is 49.4 Å². The van der Waals surface area contributed by atoms with Crippen molar-refractivity contribution in [3.05, 3.63) is 62.8 Å². The molecule has 0 atom stereocenters. The van der Waals surface area contributed by atoms with Crippen LogP contribution >= 0.6 is 27.3 Å². The molecule has 0 radical (unpaired) electrons. The summed E-state index contributed by atoms with van der Waals surface area (Å²) >= 11 is 5.28. The van der Waals surface area contributed by atoms with Gasteiger partial charge in [-0.05, 0) is 70.7 Å². The highest BCUT2D eigenvalue weighted by atomic mass is 79.9. The lowest BCUT2D eigenvalue weighted by molar-refractivity contribution is -0.111. The van der Waals surface area contributed by atoms with Gasteiger partial charge in [-0.15, -0.1) is 11.3 Å². The number of aryl methyl sites for hydroxylation is 1. The number of nitrogens with one attached hydrogen (secondary N) is 1. The van der Waals surface area contributed by atoms with E-state index in [1.165, 1.54) is 16.5 Å². The maximum absolute atomic E-state index is 12.8. The first-order valence-electron chi connectivity index (χ1n) is 7.66. The van der Waals surface area contributed by atoms with E-state index in [0.717, 1.165) is 23.2 Å². The van der Waals surface area contributed by atoms with E-state index >= 15 is 0 Å². The van der Waals surface area contributed by atoms with Crippen molar-refractivity contribution >= 4 is 44.8 Å². The first-order chi connectivity index (χ1) is 11.6. The summed E-state index contributed by atoms with van der Waals surface area (Å²) in [6.07, 6.45) is 3.20. The molecule has 1 aromatic heterocycles. The van der Waals surface area contributed by atoms with E-state index in [1.54, 1.807) is 35.6 Å². The lowest BCUT2D eigenvalue weighted by Gasteiger charge is -2.20. The lowest BCUT2D eigenvalue weighted by Crippen LogP contribution is -2.30. The van der Waals surface area contributed by atoms with Crippen LogP contribution in [0, 0.1) is 0 Å². The van der Waals surface area contributed by atoms with Gasteiger partial charge in [-0.1, -0.05) is 6.58 Å². The van der Waals surface area contributed by atoms with Gasteiger partial charge in [0.15, 0.2) is 0 Å². The van der Waals surface area contributed by atoms with E-state index in [-0.39, 0.29) is 11.8 Å². The van der Waals surface area contributed by atoms with Crippen LogP contribution in [0.3, 0.4) is 0 Å². The monoisotopic (exact) mass is 404 g/mol. The number of amides is 2.